The summed E-state index contributed by atoms with van der Waals surface area (Å²) in [6, 6.07) is 10.9. The van der Waals surface area contributed by atoms with Crippen LogP contribution in [0.1, 0.15) is 30.1 Å². The smallest absolute Gasteiger partial charge is 0.140 e. The summed E-state index contributed by atoms with van der Waals surface area (Å²) in [6.45, 7) is 3.21. The van der Waals surface area contributed by atoms with Gasteiger partial charge in [0, 0.05) is 7.05 Å². The highest BCUT2D eigenvalue weighted by atomic mass is 15.3. The lowest BCUT2D eigenvalue weighted by molar-refractivity contribution is 0.198. The van der Waals surface area contributed by atoms with Gasteiger partial charge in [0.25, 0.3) is 0 Å². The van der Waals surface area contributed by atoms with Gasteiger partial charge in [0.1, 0.15) is 12.2 Å². The third kappa shape index (κ3) is 2.84. The van der Waals surface area contributed by atoms with Crippen molar-refractivity contribution in [3.05, 3.63) is 48.0 Å². The van der Waals surface area contributed by atoms with Crippen LogP contribution in [0.4, 0.5) is 0 Å². The molecule has 1 saturated heterocycles. The van der Waals surface area contributed by atoms with Crippen LogP contribution in [0, 0.1) is 0 Å². The van der Waals surface area contributed by atoms with Crippen LogP contribution in [-0.2, 0) is 13.6 Å². The first-order valence-electron chi connectivity index (χ1n) is 6.93. The fourth-order valence-corrected chi connectivity index (χ4v) is 2.81. The van der Waals surface area contributed by atoms with Crippen molar-refractivity contribution in [2.24, 2.45) is 7.05 Å². The molecule has 1 aromatic carbocycles. The lowest BCUT2D eigenvalue weighted by atomic mass is 9.89. The van der Waals surface area contributed by atoms with Crippen molar-refractivity contribution in [3.63, 3.8) is 0 Å². The van der Waals surface area contributed by atoms with Gasteiger partial charge in [0.15, 0.2) is 0 Å². The normalized spacial score (nSPS) is 17.7. The van der Waals surface area contributed by atoms with Gasteiger partial charge in [-0.15, -0.1) is 0 Å². The summed E-state index contributed by atoms with van der Waals surface area (Å²) >= 11 is 0. The minimum atomic E-state index is 0.719. The second kappa shape index (κ2) is 5.53. The van der Waals surface area contributed by atoms with Crippen molar-refractivity contribution in [2.45, 2.75) is 25.3 Å². The number of aryl methyl sites for hydroxylation is 1. The summed E-state index contributed by atoms with van der Waals surface area (Å²) in [5, 5.41) is 4.12. The first-order chi connectivity index (χ1) is 9.33. The van der Waals surface area contributed by atoms with Gasteiger partial charge in [-0.25, -0.2) is 4.98 Å². The number of rotatable bonds is 3. The molecule has 0 saturated carbocycles. The Hall–Kier alpha value is -1.68. The third-order valence-corrected chi connectivity index (χ3v) is 4.03. The maximum Gasteiger partial charge on any atom is 0.140 e. The van der Waals surface area contributed by atoms with Gasteiger partial charge in [-0.05, 0) is 37.4 Å². The topological polar surface area (TPSA) is 34.0 Å². The molecule has 0 bridgehead atoms. The van der Waals surface area contributed by atoms with Crippen LogP contribution in [0.2, 0.25) is 0 Å². The second-order valence-electron chi connectivity index (χ2n) is 5.26. The zero-order valence-electron chi connectivity index (χ0n) is 11.4. The Bertz CT molecular complexity index is 512. The highest BCUT2D eigenvalue weighted by molar-refractivity contribution is 5.20. The molecule has 100 valence electrons. The van der Waals surface area contributed by atoms with Gasteiger partial charge >= 0.3 is 0 Å². The largest absolute Gasteiger partial charge is 0.296 e. The predicted molar refractivity (Wildman–Crippen MR) is 74.7 cm³/mol. The first kappa shape index (κ1) is 12.4. The van der Waals surface area contributed by atoms with Gasteiger partial charge in [-0.2, -0.15) is 5.10 Å². The fourth-order valence-electron chi connectivity index (χ4n) is 2.81. The second-order valence-corrected chi connectivity index (χ2v) is 5.26. The number of likely N-dealkylation sites (tertiary alicyclic amines) is 1. The molecule has 0 N–H and O–H groups in total. The van der Waals surface area contributed by atoms with E-state index in [0.717, 1.165) is 31.4 Å². The highest BCUT2D eigenvalue weighted by Crippen LogP contribution is 2.28. The molecule has 1 aliphatic rings. The van der Waals surface area contributed by atoms with Gasteiger partial charge in [-0.1, -0.05) is 30.3 Å². The molecule has 1 aliphatic heterocycles. The molecule has 1 aromatic heterocycles. The molecular formula is C15H20N4. The Kier molecular flexibility index (Phi) is 3.60. The van der Waals surface area contributed by atoms with Gasteiger partial charge in [-0.3, -0.25) is 9.58 Å². The molecule has 3 rings (SSSR count). The molecular weight excluding hydrogens is 236 g/mol. The quantitative estimate of drug-likeness (QED) is 0.844. The van der Waals surface area contributed by atoms with E-state index in [1.807, 2.05) is 11.7 Å². The van der Waals surface area contributed by atoms with Crippen LogP contribution in [0.25, 0.3) is 0 Å². The van der Waals surface area contributed by atoms with E-state index < -0.39 is 0 Å². The van der Waals surface area contributed by atoms with Crippen molar-refractivity contribution < 1.29 is 0 Å². The maximum atomic E-state index is 4.30. The molecule has 0 amide bonds. The molecule has 0 unspecified atom stereocenters. The number of hydrogen-bond acceptors (Lipinski definition) is 3. The molecule has 19 heavy (non-hydrogen) atoms. The van der Waals surface area contributed by atoms with Crippen molar-refractivity contribution in [2.75, 3.05) is 13.1 Å². The molecule has 2 heterocycles. The summed E-state index contributed by atoms with van der Waals surface area (Å²) in [5.41, 5.74) is 1.49. The van der Waals surface area contributed by atoms with E-state index in [4.69, 9.17) is 0 Å². The van der Waals surface area contributed by atoms with Gasteiger partial charge < -0.3 is 0 Å². The monoisotopic (exact) mass is 256 g/mol. The zero-order chi connectivity index (χ0) is 13.1. The lowest BCUT2D eigenvalue weighted by Crippen LogP contribution is -2.33. The van der Waals surface area contributed by atoms with Crippen LogP contribution in [-0.4, -0.2) is 32.8 Å². The lowest BCUT2D eigenvalue weighted by Gasteiger charge is -2.31. The third-order valence-electron chi connectivity index (χ3n) is 4.03. The van der Waals surface area contributed by atoms with E-state index in [1.165, 1.54) is 18.4 Å². The molecule has 4 nitrogen and oxygen atoms in total. The number of benzene rings is 1. The summed E-state index contributed by atoms with van der Waals surface area (Å²) < 4.78 is 1.86. The molecule has 0 radical (unpaired) electrons. The number of hydrogen-bond donors (Lipinski definition) is 0. The Labute approximate surface area is 114 Å². The summed E-state index contributed by atoms with van der Waals surface area (Å²) in [5.74, 6) is 1.77. The fraction of sp³-hybridized carbons (Fsp3) is 0.467. The number of piperidine rings is 1. The average molecular weight is 256 g/mol. The van der Waals surface area contributed by atoms with Crippen molar-refractivity contribution in [1.29, 1.82) is 0 Å². The van der Waals surface area contributed by atoms with Crippen molar-refractivity contribution in [3.8, 4) is 0 Å². The predicted octanol–water partition coefficient (Wildman–Crippen LogP) is 2.19. The number of nitrogens with zero attached hydrogens (tertiary/aromatic N) is 4. The van der Waals surface area contributed by atoms with Crippen LogP contribution in [0.5, 0.6) is 0 Å². The molecule has 4 heteroatoms. The van der Waals surface area contributed by atoms with E-state index in [9.17, 15) is 0 Å². The average Bonchev–Trinajstić information content (AvgIpc) is 2.86. The highest BCUT2D eigenvalue weighted by Gasteiger charge is 2.21. The summed E-state index contributed by atoms with van der Waals surface area (Å²) in [4.78, 5) is 6.77. The Balaban J connectivity index is 1.57. The maximum absolute atomic E-state index is 4.30. The minimum Gasteiger partial charge on any atom is -0.296 e. The SMILES string of the molecule is Cn1ncnc1CN1CCC(c2ccccc2)CC1. The van der Waals surface area contributed by atoms with E-state index in [1.54, 1.807) is 6.33 Å². The molecule has 2 aromatic rings. The summed E-state index contributed by atoms with van der Waals surface area (Å²) in [6.07, 6.45) is 4.11. The zero-order valence-corrected chi connectivity index (χ0v) is 11.4. The van der Waals surface area contributed by atoms with Crippen molar-refractivity contribution in [1.82, 2.24) is 19.7 Å². The minimum absolute atomic E-state index is 0.719. The Morgan fingerprint density at radius 1 is 1.16 bits per heavy atom. The molecule has 1 fully saturated rings. The van der Waals surface area contributed by atoms with E-state index >= 15 is 0 Å². The standard InChI is InChI=1S/C15H20N4/c1-18-15(16-12-17-18)11-19-9-7-14(8-10-19)13-5-3-2-4-6-13/h2-6,12,14H,7-11H2,1H3. The van der Waals surface area contributed by atoms with Crippen LogP contribution >= 0.6 is 0 Å². The number of aromatic nitrogens is 3. The molecule has 0 spiro atoms. The summed E-state index contributed by atoms with van der Waals surface area (Å²) in [7, 11) is 1.96. The van der Waals surface area contributed by atoms with E-state index in [-0.39, 0.29) is 0 Å². The van der Waals surface area contributed by atoms with Gasteiger partial charge in [0.05, 0.1) is 6.54 Å². The van der Waals surface area contributed by atoms with Crippen LogP contribution in [0.15, 0.2) is 36.7 Å². The molecule has 0 aliphatic carbocycles. The van der Waals surface area contributed by atoms with E-state index in [0.29, 0.717) is 0 Å². The van der Waals surface area contributed by atoms with Crippen molar-refractivity contribution >= 4 is 0 Å². The van der Waals surface area contributed by atoms with Gasteiger partial charge in [0.2, 0.25) is 0 Å². The Morgan fingerprint density at radius 2 is 1.89 bits per heavy atom. The van der Waals surface area contributed by atoms with Crippen LogP contribution < -0.4 is 0 Å². The van der Waals surface area contributed by atoms with E-state index in [2.05, 4.69) is 45.3 Å². The Morgan fingerprint density at radius 3 is 2.53 bits per heavy atom. The first-order valence-corrected chi connectivity index (χ1v) is 6.93. The molecule has 0 atom stereocenters. The van der Waals surface area contributed by atoms with Crippen LogP contribution in [0.3, 0.4) is 0 Å².